The second kappa shape index (κ2) is 9.32. The van der Waals surface area contributed by atoms with Gasteiger partial charge in [0.2, 0.25) is 5.91 Å². The van der Waals surface area contributed by atoms with Crippen LogP contribution >= 0.6 is 11.3 Å². The molecular weight excluding hydrogens is 452 g/mol. The number of methoxy groups -OCH3 is 1. The molecule has 9 nitrogen and oxygen atoms in total. The molecule has 1 atom stereocenters. The Kier molecular flexibility index (Phi) is 6.08. The monoisotopic (exact) mass is 476 g/mol. The standard InChI is InChI=1S/C24H24N6O3S/c1-29-21-17(24(32)30-10-3-4-19(30)23-26-9-11-34-23)12-16(27-20(31)14-33-2)13-18(21)28-22(29)15-5-7-25-8-6-15/h5-9,11-13,19H,3-4,10,14H2,1-2H3,(H,27,31). The molecule has 0 radical (unpaired) electrons. The fourth-order valence-corrected chi connectivity index (χ4v) is 5.28. The van der Waals surface area contributed by atoms with Crippen molar-refractivity contribution in [1.82, 2.24) is 24.4 Å². The molecule has 174 valence electrons. The number of imidazole rings is 1. The molecule has 10 heteroatoms. The van der Waals surface area contributed by atoms with Gasteiger partial charge in [-0.05, 0) is 37.1 Å². The van der Waals surface area contributed by atoms with E-state index in [0.29, 0.717) is 34.7 Å². The van der Waals surface area contributed by atoms with Crippen molar-refractivity contribution in [3.8, 4) is 11.4 Å². The smallest absolute Gasteiger partial charge is 0.256 e. The van der Waals surface area contributed by atoms with E-state index in [1.165, 1.54) is 7.11 Å². The number of likely N-dealkylation sites (tertiary alicyclic amines) is 1. The van der Waals surface area contributed by atoms with Crippen molar-refractivity contribution in [1.29, 1.82) is 0 Å². The minimum absolute atomic E-state index is 0.0535. The quantitative estimate of drug-likeness (QED) is 0.456. The Bertz CT molecular complexity index is 1340. The van der Waals surface area contributed by atoms with Crippen LogP contribution < -0.4 is 5.32 Å². The third-order valence-corrected chi connectivity index (χ3v) is 6.82. The van der Waals surface area contributed by atoms with Gasteiger partial charge >= 0.3 is 0 Å². The van der Waals surface area contributed by atoms with Crippen LogP contribution in [-0.2, 0) is 16.6 Å². The summed E-state index contributed by atoms with van der Waals surface area (Å²) in [5.41, 5.74) is 3.22. The van der Waals surface area contributed by atoms with Crippen molar-refractivity contribution >= 4 is 39.9 Å². The van der Waals surface area contributed by atoms with Gasteiger partial charge in [0.25, 0.3) is 5.91 Å². The van der Waals surface area contributed by atoms with Crippen LogP contribution in [0.2, 0.25) is 0 Å². The van der Waals surface area contributed by atoms with E-state index in [0.717, 1.165) is 23.4 Å². The third-order valence-electron chi connectivity index (χ3n) is 5.95. The molecule has 0 spiro atoms. The highest BCUT2D eigenvalue weighted by atomic mass is 32.1. The van der Waals surface area contributed by atoms with Crippen molar-refractivity contribution in [2.75, 3.05) is 25.6 Å². The zero-order valence-corrected chi connectivity index (χ0v) is 19.7. The summed E-state index contributed by atoms with van der Waals surface area (Å²) in [5.74, 6) is 0.312. The van der Waals surface area contributed by atoms with Gasteiger partial charge in [-0.3, -0.25) is 14.6 Å². The summed E-state index contributed by atoms with van der Waals surface area (Å²) < 4.78 is 6.86. The van der Waals surface area contributed by atoms with Crippen LogP contribution in [0.3, 0.4) is 0 Å². The van der Waals surface area contributed by atoms with Gasteiger partial charge in [-0.25, -0.2) is 9.97 Å². The van der Waals surface area contributed by atoms with E-state index in [9.17, 15) is 9.59 Å². The largest absolute Gasteiger partial charge is 0.375 e. The van der Waals surface area contributed by atoms with Crippen molar-refractivity contribution in [3.05, 3.63) is 58.8 Å². The lowest BCUT2D eigenvalue weighted by Crippen LogP contribution is -2.31. The van der Waals surface area contributed by atoms with Crippen LogP contribution in [0, 0.1) is 0 Å². The van der Waals surface area contributed by atoms with Gasteiger partial charge in [0.15, 0.2) is 0 Å². The first kappa shape index (κ1) is 22.2. The molecule has 0 aliphatic carbocycles. The molecule has 1 N–H and O–H groups in total. The van der Waals surface area contributed by atoms with Crippen LogP contribution in [0.5, 0.6) is 0 Å². The number of nitrogens with zero attached hydrogens (tertiary/aromatic N) is 5. The number of aromatic nitrogens is 4. The lowest BCUT2D eigenvalue weighted by Gasteiger charge is -2.24. The number of carbonyl (C=O) groups excluding carboxylic acids is 2. The van der Waals surface area contributed by atoms with Gasteiger partial charge in [-0.15, -0.1) is 11.3 Å². The van der Waals surface area contributed by atoms with Gasteiger partial charge in [0.1, 0.15) is 17.4 Å². The predicted octanol–water partition coefficient (Wildman–Crippen LogP) is 3.65. The van der Waals surface area contributed by atoms with Crippen LogP contribution in [0.1, 0.15) is 34.2 Å². The third kappa shape index (κ3) is 4.06. The molecule has 1 aliphatic heterocycles. The average Bonchev–Trinajstić information content (AvgIpc) is 3.59. The number of fused-ring (bicyclic) bond motifs is 1. The number of carbonyl (C=O) groups is 2. The lowest BCUT2D eigenvalue weighted by atomic mass is 10.1. The molecule has 0 saturated carbocycles. The van der Waals surface area contributed by atoms with Gasteiger partial charge in [-0.1, -0.05) is 0 Å². The molecule has 34 heavy (non-hydrogen) atoms. The summed E-state index contributed by atoms with van der Waals surface area (Å²) >= 11 is 1.56. The predicted molar refractivity (Wildman–Crippen MR) is 130 cm³/mol. The Hall–Kier alpha value is -3.63. The number of anilines is 1. The van der Waals surface area contributed by atoms with E-state index in [1.54, 1.807) is 42.1 Å². The van der Waals surface area contributed by atoms with Crippen molar-refractivity contribution in [2.45, 2.75) is 18.9 Å². The molecule has 1 saturated heterocycles. The van der Waals surface area contributed by atoms with Gasteiger partial charge in [0, 0.05) is 55.9 Å². The number of hydrogen-bond donors (Lipinski definition) is 1. The average molecular weight is 477 g/mol. The van der Waals surface area contributed by atoms with Crippen molar-refractivity contribution in [3.63, 3.8) is 0 Å². The maximum absolute atomic E-state index is 13.9. The van der Waals surface area contributed by atoms with Crippen LogP contribution in [0.4, 0.5) is 5.69 Å². The molecule has 1 aromatic carbocycles. The molecule has 0 bridgehead atoms. The summed E-state index contributed by atoms with van der Waals surface area (Å²) in [4.78, 5) is 41.4. The number of nitrogens with one attached hydrogen (secondary N) is 1. The van der Waals surface area contributed by atoms with E-state index in [-0.39, 0.29) is 24.5 Å². The Labute approximate surface area is 200 Å². The highest BCUT2D eigenvalue weighted by Gasteiger charge is 2.34. The van der Waals surface area contributed by atoms with E-state index in [1.807, 2.05) is 34.0 Å². The van der Waals surface area contributed by atoms with Gasteiger partial charge < -0.3 is 19.5 Å². The Morgan fingerprint density at radius 1 is 1.24 bits per heavy atom. The molecule has 1 aliphatic rings. The topological polar surface area (TPSA) is 102 Å². The Morgan fingerprint density at radius 3 is 2.79 bits per heavy atom. The molecule has 4 aromatic rings. The number of thiazole rings is 1. The Balaban J connectivity index is 1.63. The summed E-state index contributed by atoms with van der Waals surface area (Å²) in [6.45, 7) is 0.573. The molecule has 2 amide bonds. The zero-order chi connectivity index (χ0) is 23.7. The number of ether oxygens (including phenoxy) is 1. The molecular formula is C24H24N6O3S. The fourth-order valence-electron chi connectivity index (χ4n) is 4.49. The first-order chi connectivity index (χ1) is 16.6. The van der Waals surface area contributed by atoms with Gasteiger partial charge in [-0.2, -0.15) is 0 Å². The first-order valence-corrected chi connectivity index (χ1v) is 11.8. The normalized spacial score (nSPS) is 15.7. The number of amides is 2. The second-order valence-corrected chi connectivity index (χ2v) is 9.06. The summed E-state index contributed by atoms with van der Waals surface area (Å²) in [6, 6.07) is 7.22. The second-order valence-electron chi connectivity index (χ2n) is 8.13. The molecule has 5 rings (SSSR count). The lowest BCUT2D eigenvalue weighted by molar-refractivity contribution is -0.119. The minimum atomic E-state index is -0.299. The number of hydrogen-bond acceptors (Lipinski definition) is 7. The van der Waals surface area contributed by atoms with E-state index in [2.05, 4.69) is 15.3 Å². The van der Waals surface area contributed by atoms with Crippen molar-refractivity contribution < 1.29 is 14.3 Å². The number of pyridine rings is 1. The summed E-state index contributed by atoms with van der Waals surface area (Å²) in [5, 5.41) is 5.70. The van der Waals surface area contributed by atoms with E-state index in [4.69, 9.17) is 9.72 Å². The van der Waals surface area contributed by atoms with Crippen LogP contribution in [-0.4, -0.2) is 56.5 Å². The number of rotatable bonds is 6. The molecule has 3 aromatic heterocycles. The molecule has 4 heterocycles. The minimum Gasteiger partial charge on any atom is -0.375 e. The summed E-state index contributed by atoms with van der Waals surface area (Å²) in [7, 11) is 3.36. The van der Waals surface area contributed by atoms with Crippen LogP contribution in [0.15, 0.2) is 48.2 Å². The van der Waals surface area contributed by atoms with Gasteiger partial charge in [0.05, 0.1) is 22.6 Å². The number of aryl methyl sites for hydroxylation is 1. The highest BCUT2D eigenvalue weighted by molar-refractivity contribution is 7.09. The van der Waals surface area contributed by atoms with Crippen LogP contribution in [0.25, 0.3) is 22.4 Å². The fraction of sp³-hybridized carbons (Fsp3) is 0.292. The van der Waals surface area contributed by atoms with Crippen molar-refractivity contribution in [2.24, 2.45) is 7.05 Å². The maximum atomic E-state index is 13.9. The first-order valence-electron chi connectivity index (χ1n) is 11.0. The zero-order valence-electron chi connectivity index (χ0n) is 18.9. The SMILES string of the molecule is COCC(=O)Nc1cc(C(=O)N2CCCC2c2nccs2)c2c(c1)nc(-c1ccncc1)n2C. The maximum Gasteiger partial charge on any atom is 0.256 e. The number of benzene rings is 1. The summed E-state index contributed by atoms with van der Waals surface area (Å²) in [6.07, 6.45) is 6.98. The van der Waals surface area contributed by atoms with E-state index >= 15 is 0 Å². The Morgan fingerprint density at radius 2 is 2.06 bits per heavy atom. The highest BCUT2D eigenvalue weighted by Crippen LogP contribution is 2.36. The molecule has 1 fully saturated rings. The van der Waals surface area contributed by atoms with E-state index < -0.39 is 0 Å². The molecule has 1 unspecified atom stereocenters.